The Balaban J connectivity index is 1.91. The van der Waals surface area contributed by atoms with E-state index in [0.29, 0.717) is 12.8 Å². The molecule has 0 aromatic rings. The summed E-state index contributed by atoms with van der Waals surface area (Å²) in [4.78, 5) is 12.9. The molecule has 1 amide bonds. The summed E-state index contributed by atoms with van der Waals surface area (Å²) in [7, 11) is 0. The predicted molar refractivity (Wildman–Crippen MR) is 281 cm³/mol. The average molecular weight is 951 g/mol. The number of allylic oxidation sites excluding steroid dienone is 4. The van der Waals surface area contributed by atoms with E-state index in [9.17, 15) is 30.3 Å². The van der Waals surface area contributed by atoms with E-state index in [1.165, 1.54) is 199 Å². The van der Waals surface area contributed by atoms with Gasteiger partial charge in [0.05, 0.1) is 25.4 Å². The number of carbonyl (C=O) groups is 1. The van der Waals surface area contributed by atoms with Gasteiger partial charge in [0, 0.05) is 6.42 Å². The van der Waals surface area contributed by atoms with Gasteiger partial charge in [0.1, 0.15) is 24.4 Å². The zero-order valence-electron chi connectivity index (χ0n) is 43.9. The Morgan fingerprint density at radius 1 is 0.507 bits per heavy atom. The summed E-state index contributed by atoms with van der Waals surface area (Å²) < 4.78 is 11.2. The third-order valence-electron chi connectivity index (χ3n) is 14.1. The molecule has 0 spiro atoms. The molecular formula is C58H111NO8. The Kier molecular flexibility index (Phi) is 45.9. The molecule has 0 aromatic heterocycles. The summed E-state index contributed by atoms with van der Waals surface area (Å²) in [6, 6.07) is -0.711. The van der Waals surface area contributed by atoms with Crippen LogP contribution in [-0.2, 0) is 14.3 Å². The van der Waals surface area contributed by atoms with E-state index in [0.717, 1.165) is 57.8 Å². The number of hydrogen-bond acceptors (Lipinski definition) is 8. The third-order valence-corrected chi connectivity index (χ3v) is 14.1. The van der Waals surface area contributed by atoms with Gasteiger partial charge in [-0.3, -0.25) is 4.79 Å². The molecular weight excluding hydrogens is 839 g/mol. The van der Waals surface area contributed by atoms with Crippen LogP contribution in [0.15, 0.2) is 24.3 Å². The molecule has 0 radical (unpaired) electrons. The van der Waals surface area contributed by atoms with Crippen molar-refractivity contribution in [2.45, 2.75) is 326 Å². The number of nitrogens with one attached hydrogen (secondary N) is 1. The first kappa shape index (κ1) is 63.7. The van der Waals surface area contributed by atoms with E-state index in [1.807, 2.05) is 0 Å². The molecule has 1 rings (SSSR count). The number of rotatable bonds is 50. The molecule has 6 N–H and O–H groups in total. The van der Waals surface area contributed by atoms with Gasteiger partial charge in [-0.1, -0.05) is 256 Å². The summed E-state index contributed by atoms with van der Waals surface area (Å²) in [6.45, 7) is 3.75. The van der Waals surface area contributed by atoms with E-state index < -0.39 is 49.5 Å². The Labute approximate surface area is 413 Å². The zero-order chi connectivity index (χ0) is 48.7. The zero-order valence-corrected chi connectivity index (χ0v) is 43.9. The van der Waals surface area contributed by atoms with Crippen molar-refractivity contribution in [3.63, 3.8) is 0 Å². The molecule has 396 valence electrons. The molecule has 1 saturated heterocycles. The van der Waals surface area contributed by atoms with Crippen LogP contribution < -0.4 is 5.32 Å². The molecule has 7 unspecified atom stereocenters. The maximum atomic E-state index is 12.9. The average Bonchev–Trinajstić information content (AvgIpc) is 3.33. The van der Waals surface area contributed by atoms with Crippen molar-refractivity contribution in [2.75, 3.05) is 13.2 Å². The van der Waals surface area contributed by atoms with E-state index in [-0.39, 0.29) is 12.5 Å². The Morgan fingerprint density at radius 2 is 0.881 bits per heavy atom. The summed E-state index contributed by atoms with van der Waals surface area (Å²) in [5.41, 5.74) is 0. The minimum absolute atomic E-state index is 0.136. The fraction of sp³-hybridized carbons (Fsp3) is 0.914. The number of aliphatic hydroxyl groups is 5. The summed E-state index contributed by atoms with van der Waals surface area (Å²) in [6.07, 6.45) is 54.5. The maximum Gasteiger partial charge on any atom is 0.220 e. The molecule has 1 aliphatic rings. The molecule has 1 aliphatic heterocycles. The monoisotopic (exact) mass is 950 g/mol. The normalized spacial score (nSPS) is 19.8. The quantitative estimate of drug-likeness (QED) is 0.0261. The highest BCUT2D eigenvalue weighted by molar-refractivity contribution is 5.76. The Morgan fingerprint density at radius 3 is 1.28 bits per heavy atom. The fourth-order valence-electron chi connectivity index (χ4n) is 9.43. The molecule has 0 aliphatic carbocycles. The first-order valence-corrected chi connectivity index (χ1v) is 29.0. The molecule has 0 bridgehead atoms. The molecule has 0 aromatic carbocycles. The standard InChI is InChI=1S/C58H111NO8/c1-3-5-7-9-10-11-12-13-14-15-16-17-18-19-20-21-22-23-24-25-26-27-28-29-30-31-32-33-34-35-36-37-38-39-40-41-42-44-46-48-54(62)59-51(52(61)47-45-43-8-6-4-2)50-66-58-57(65)56(64)55(63)53(49-60)67-58/h12-13,15-16,51-53,55-58,60-61,63-65H,3-11,14,17-50H2,1-2H3,(H,59,62)/b13-12-,16-15-. The topological polar surface area (TPSA) is 149 Å². The van der Waals surface area contributed by atoms with Gasteiger partial charge in [-0.2, -0.15) is 0 Å². The molecule has 1 fully saturated rings. The number of carbonyl (C=O) groups excluding carboxylic acids is 1. The van der Waals surface area contributed by atoms with Gasteiger partial charge in [-0.15, -0.1) is 0 Å². The first-order chi connectivity index (χ1) is 32.8. The SMILES string of the molecule is CCCCCCC/C=C\C/C=C\CCCCCCCCCCCCCCCCCCCCCCCCCCCCCC(=O)NC(COC1OC(CO)C(O)C(O)C1O)C(O)CCCCCCC. The Hall–Kier alpha value is -1.33. The van der Waals surface area contributed by atoms with Gasteiger partial charge in [0.25, 0.3) is 0 Å². The van der Waals surface area contributed by atoms with Crippen LogP contribution in [0.3, 0.4) is 0 Å². The van der Waals surface area contributed by atoms with Gasteiger partial charge in [-0.25, -0.2) is 0 Å². The second-order valence-electron chi connectivity index (χ2n) is 20.4. The fourth-order valence-corrected chi connectivity index (χ4v) is 9.43. The van der Waals surface area contributed by atoms with E-state index in [4.69, 9.17) is 9.47 Å². The highest BCUT2D eigenvalue weighted by atomic mass is 16.7. The van der Waals surface area contributed by atoms with Crippen LogP contribution in [0.25, 0.3) is 0 Å². The second-order valence-corrected chi connectivity index (χ2v) is 20.4. The summed E-state index contributed by atoms with van der Waals surface area (Å²) in [5, 5.41) is 54.0. The van der Waals surface area contributed by atoms with Crippen molar-refractivity contribution in [2.24, 2.45) is 0 Å². The maximum absolute atomic E-state index is 12.9. The lowest BCUT2D eigenvalue weighted by Gasteiger charge is -2.40. The van der Waals surface area contributed by atoms with Crippen LogP contribution in [0.5, 0.6) is 0 Å². The minimum Gasteiger partial charge on any atom is -0.394 e. The van der Waals surface area contributed by atoms with E-state index in [2.05, 4.69) is 43.5 Å². The van der Waals surface area contributed by atoms with Gasteiger partial charge in [-0.05, 0) is 44.9 Å². The van der Waals surface area contributed by atoms with Crippen LogP contribution in [0, 0.1) is 0 Å². The lowest BCUT2D eigenvalue weighted by Crippen LogP contribution is -2.60. The summed E-state index contributed by atoms with van der Waals surface area (Å²) in [5.74, 6) is -0.146. The van der Waals surface area contributed by atoms with Crippen LogP contribution in [0.2, 0.25) is 0 Å². The van der Waals surface area contributed by atoms with Crippen molar-refractivity contribution in [3.05, 3.63) is 24.3 Å². The lowest BCUT2D eigenvalue weighted by molar-refractivity contribution is -0.302. The molecule has 7 atom stereocenters. The van der Waals surface area contributed by atoms with Gasteiger partial charge in [0.15, 0.2) is 6.29 Å². The number of ether oxygens (including phenoxy) is 2. The smallest absolute Gasteiger partial charge is 0.220 e. The molecule has 67 heavy (non-hydrogen) atoms. The molecule has 9 heteroatoms. The van der Waals surface area contributed by atoms with Crippen LogP contribution in [0.1, 0.15) is 284 Å². The number of hydrogen-bond donors (Lipinski definition) is 6. The van der Waals surface area contributed by atoms with Gasteiger partial charge in [0.2, 0.25) is 5.91 Å². The van der Waals surface area contributed by atoms with Crippen LogP contribution in [0.4, 0.5) is 0 Å². The van der Waals surface area contributed by atoms with Crippen LogP contribution in [-0.4, -0.2) is 87.5 Å². The van der Waals surface area contributed by atoms with Crippen molar-refractivity contribution in [1.82, 2.24) is 5.32 Å². The van der Waals surface area contributed by atoms with Crippen molar-refractivity contribution in [1.29, 1.82) is 0 Å². The van der Waals surface area contributed by atoms with E-state index >= 15 is 0 Å². The predicted octanol–water partition coefficient (Wildman–Crippen LogP) is 14.2. The van der Waals surface area contributed by atoms with Gasteiger partial charge < -0.3 is 40.3 Å². The number of unbranched alkanes of at least 4 members (excludes halogenated alkanes) is 36. The minimum atomic E-state index is -1.55. The van der Waals surface area contributed by atoms with Crippen LogP contribution >= 0.6 is 0 Å². The molecule has 1 heterocycles. The largest absolute Gasteiger partial charge is 0.394 e. The van der Waals surface area contributed by atoms with Crippen molar-refractivity contribution >= 4 is 5.91 Å². The lowest BCUT2D eigenvalue weighted by atomic mass is 9.99. The highest BCUT2D eigenvalue weighted by Gasteiger charge is 2.44. The first-order valence-electron chi connectivity index (χ1n) is 29.0. The second kappa shape index (κ2) is 48.3. The van der Waals surface area contributed by atoms with E-state index in [1.54, 1.807) is 0 Å². The highest BCUT2D eigenvalue weighted by Crippen LogP contribution is 2.23. The van der Waals surface area contributed by atoms with Crippen molar-refractivity contribution < 1.29 is 39.8 Å². The van der Waals surface area contributed by atoms with Crippen molar-refractivity contribution in [3.8, 4) is 0 Å². The number of aliphatic hydroxyl groups excluding tert-OH is 5. The van der Waals surface area contributed by atoms with Gasteiger partial charge >= 0.3 is 0 Å². The number of amides is 1. The third kappa shape index (κ3) is 38.1. The molecule has 0 saturated carbocycles. The summed E-state index contributed by atoms with van der Waals surface area (Å²) >= 11 is 0. The molecule has 9 nitrogen and oxygen atoms in total. The Bertz CT molecular complexity index is 1100.